The topological polar surface area (TPSA) is 21.3 Å². The summed E-state index contributed by atoms with van der Waals surface area (Å²) in [5.41, 5.74) is 1.56. The van der Waals surface area contributed by atoms with Crippen LogP contribution in [-0.4, -0.2) is 6.61 Å². The number of halogens is 4. The number of benzene rings is 2. The highest BCUT2D eigenvalue weighted by Gasteiger charge is 2.15. The number of rotatable bonds is 5. The summed E-state index contributed by atoms with van der Waals surface area (Å²) in [4.78, 5) is 0. The minimum atomic E-state index is -2.84. The molecule has 0 aliphatic heterocycles. The fourth-order valence-corrected chi connectivity index (χ4v) is 2.99. The smallest absolute Gasteiger partial charge is 0.387 e. The molecular weight excluding hydrogens is 411 g/mol. The van der Waals surface area contributed by atoms with Gasteiger partial charge in [-0.15, -0.1) is 0 Å². The summed E-state index contributed by atoms with van der Waals surface area (Å²) in [6, 6.07) is 12.0. The zero-order valence-electron chi connectivity index (χ0n) is 11.1. The summed E-state index contributed by atoms with van der Waals surface area (Å²) in [5.74, 6) is 0.177. The second-order valence-corrected chi connectivity index (χ2v) is 6.01. The van der Waals surface area contributed by atoms with E-state index in [1.54, 1.807) is 24.3 Å². The Kier molecular flexibility index (Phi) is 5.64. The van der Waals surface area contributed by atoms with Crippen LogP contribution in [0, 0.1) is 3.57 Å². The number of alkyl halides is 2. The van der Waals surface area contributed by atoms with Gasteiger partial charge in [-0.3, -0.25) is 0 Å². The van der Waals surface area contributed by atoms with Crippen LogP contribution < -0.4 is 10.1 Å². The van der Waals surface area contributed by atoms with Crippen molar-refractivity contribution in [3.05, 3.63) is 56.6 Å². The molecule has 0 amide bonds. The van der Waals surface area contributed by atoms with Gasteiger partial charge in [-0.25, -0.2) is 0 Å². The monoisotopic (exact) mass is 423 g/mol. The van der Waals surface area contributed by atoms with Gasteiger partial charge in [0.1, 0.15) is 5.75 Å². The largest absolute Gasteiger partial charge is 0.434 e. The summed E-state index contributed by atoms with van der Waals surface area (Å²) in [6.07, 6.45) is 0. The fourth-order valence-electron chi connectivity index (χ4n) is 1.96. The van der Waals surface area contributed by atoms with Crippen LogP contribution in [0.25, 0.3) is 0 Å². The second kappa shape index (κ2) is 7.26. The number of anilines is 1. The van der Waals surface area contributed by atoms with Gasteiger partial charge in [0.2, 0.25) is 0 Å². The molecule has 21 heavy (non-hydrogen) atoms. The quantitative estimate of drug-likeness (QED) is 0.621. The van der Waals surface area contributed by atoms with E-state index in [1.165, 1.54) is 6.07 Å². The Hall–Kier alpha value is -1.08. The molecule has 0 radical (unpaired) electrons. The fraction of sp³-hybridized carbons (Fsp3) is 0.200. The molecule has 0 saturated heterocycles. The van der Waals surface area contributed by atoms with Crippen molar-refractivity contribution in [2.45, 2.75) is 19.6 Å². The van der Waals surface area contributed by atoms with Crippen molar-refractivity contribution in [1.29, 1.82) is 0 Å². The Morgan fingerprint density at radius 1 is 1.19 bits per heavy atom. The molecule has 2 nitrogen and oxygen atoms in total. The molecule has 0 saturated carbocycles. The SMILES string of the molecule is CC(Nc1ccc(Cl)cc1I)c1ccccc1OC(F)F. The minimum absolute atomic E-state index is 0.177. The highest BCUT2D eigenvalue weighted by molar-refractivity contribution is 14.1. The van der Waals surface area contributed by atoms with Crippen LogP contribution in [0.3, 0.4) is 0 Å². The normalized spacial score (nSPS) is 12.3. The average molecular weight is 424 g/mol. The lowest BCUT2D eigenvalue weighted by Crippen LogP contribution is -2.11. The van der Waals surface area contributed by atoms with Crippen LogP contribution >= 0.6 is 34.2 Å². The molecule has 1 N–H and O–H groups in total. The maximum Gasteiger partial charge on any atom is 0.387 e. The third-order valence-electron chi connectivity index (χ3n) is 2.90. The van der Waals surface area contributed by atoms with E-state index in [1.807, 2.05) is 19.1 Å². The first-order valence-electron chi connectivity index (χ1n) is 6.22. The molecule has 2 aromatic carbocycles. The van der Waals surface area contributed by atoms with Crippen LogP contribution in [0.5, 0.6) is 5.75 Å². The van der Waals surface area contributed by atoms with Crippen molar-refractivity contribution in [3.63, 3.8) is 0 Å². The first kappa shape index (κ1) is 16.3. The lowest BCUT2D eigenvalue weighted by Gasteiger charge is -2.20. The van der Waals surface area contributed by atoms with Crippen LogP contribution in [0.15, 0.2) is 42.5 Å². The van der Waals surface area contributed by atoms with E-state index in [9.17, 15) is 8.78 Å². The molecule has 112 valence electrons. The first-order valence-corrected chi connectivity index (χ1v) is 7.68. The van der Waals surface area contributed by atoms with Gasteiger partial charge in [0, 0.05) is 19.8 Å². The molecule has 1 unspecified atom stereocenters. The van der Waals surface area contributed by atoms with Crippen molar-refractivity contribution in [2.75, 3.05) is 5.32 Å². The Morgan fingerprint density at radius 2 is 1.90 bits per heavy atom. The number of nitrogens with one attached hydrogen (secondary N) is 1. The molecule has 2 aromatic rings. The number of hydrogen-bond acceptors (Lipinski definition) is 2. The van der Waals surface area contributed by atoms with Crippen molar-refractivity contribution in [2.24, 2.45) is 0 Å². The summed E-state index contributed by atoms with van der Waals surface area (Å²) >= 11 is 8.09. The van der Waals surface area contributed by atoms with Gasteiger partial charge in [0.15, 0.2) is 0 Å². The maximum absolute atomic E-state index is 12.4. The number of para-hydroxylation sites is 1. The van der Waals surface area contributed by atoms with Gasteiger partial charge in [0.05, 0.1) is 6.04 Å². The van der Waals surface area contributed by atoms with Crippen molar-refractivity contribution in [1.82, 2.24) is 0 Å². The van der Waals surface area contributed by atoms with Gasteiger partial charge in [-0.05, 0) is 53.8 Å². The summed E-state index contributed by atoms with van der Waals surface area (Å²) in [7, 11) is 0. The third kappa shape index (κ3) is 4.44. The summed E-state index contributed by atoms with van der Waals surface area (Å²) in [5, 5.41) is 3.93. The molecular formula is C15H13ClF2INO. The molecule has 0 fully saturated rings. The maximum atomic E-state index is 12.4. The van der Waals surface area contributed by atoms with E-state index < -0.39 is 6.61 Å². The zero-order chi connectivity index (χ0) is 15.4. The van der Waals surface area contributed by atoms with E-state index in [0.717, 1.165) is 9.26 Å². The second-order valence-electron chi connectivity index (χ2n) is 4.41. The van der Waals surface area contributed by atoms with E-state index in [-0.39, 0.29) is 11.8 Å². The molecule has 0 aliphatic rings. The molecule has 0 heterocycles. The zero-order valence-corrected chi connectivity index (χ0v) is 14.0. The van der Waals surface area contributed by atoms with E-state index in [4.69, 9.17) is 11.6 Å². The van der Waals surface area contributed by atoms with E-state index in [0.29, 0.717) is 10.6 Å². The molecule has 0 bridgehead atoms. The molecule has 0 spiro atoms. The van der Waals surface area contributed by atoms with Crippen molar-refractivity contribution >= 4 is 39.9 Å². The Balaban J connectivity index is 2.22. The van der Waals surface area contributed by atoms with Gasteiger partial charge >= 0.3 is 6.61 Å². The average Bonchev–Trinajstić information content (AvgIpc) is 2.42. The Bertz CT molecular complexity index is 624. The van der Waals surface area contributed by atoms with Crippen LogP contribution in [0.1, 0.15) is 18.5 Å². The molecule has 2 rings (SSSR count). The van der Waals surface area contributed by atoms with Crippen molar-refractivity contribution < 1.29 is 13.5 Å². The van der Waals surface area contributed by atoms with Crippen molar-refractivity contribution in [3.8, 4) is 5.75 Å². The Labute approximate surface area is 140 Å². The van der Waals surface area contributed by atoms with E-state index in [2.05, 4.69) is 32.6 Å². The highest BCUT2D eigenvalue weighted by atomic mass is 127. The molecule has 6 heteroatoms. The lowest BCUT2D eigenvalue weighted by molar-refractivity contribution is -0.0505. The number of ether oxygens (including phenoxy) is 1. The minimum Gasteiger partial charge on any atom is -0.434 e. The predicted molar refractivity (Wildman–Crippen MR) is 89.3 cm³/mol. The standard InChI is InChI=1S/C15H13ClF2INO/c1-9(20-13-7-6-10(16)8-12(13)19)11-4-2-3-5-14(11)21-15(17)18/h2-9,15,20H,1H3. The van der Waals surface area contributed by atoms with E-state index >= 15 is 0 Å². The van der Waals surface area contributed by atoms with Gasteiger partial charge in [0.25, 0.3) is 0 Å². The van der Waals surface area contributed by atoms with Gasteiger partial charge < -0.3 is 10.1 Å². The van der Waals surface area contributed by atoms with Crippen LogP contribution in [0.4, 0.5) is 14.5 Å². The van der Waals surface area contributed by atoms with Crippen LogP contribution in [-0.2, 0) is 0 Å². The third-order valence-corrected chi connectivity index (χ3v) is 4.03. The molecule has 0 aliphatic carbocycles. The summed E-state index contributed by atoms with van der Waals surface area (Å²) < 4.78 is 30.4. The molecule has 0 aromatic heterocycles. The first-order chi connectivity index (χ1) is 9.97. The lowest BCUT2D eigenvalue weighted by atomic mass is 10.1. The van der Waals surface area contributed by atoms with Gasteiger partial charge in [-0.2, -0.15) is 8.78 Å². The highest BCUT2D eigenvalue weighted by Crippen LogP contribution is 2.31. The molecule has 1 atom stereocenters. The summed E-state index contributed by atoms with van der Waals surface area (Å²) in [6.45, 7) is -0.952. The van der Waals surface area contributed by atoms with Gasteiger partial charge in [-0.1, -0.05) is 29.8 Å². The number of hydrogen-bond donors (Lipinski definition) is 1. The Morgan fingerprint density at radius 3 is 2.57 bits per heavy atom. The predicted octanol–water partition coefficient (Wildman–Crippen LogP) is 5.72. The van der Waals surface area contributed by atoms with Crippen LogP contribution in [0.2, 0.25) is 5.02 Å².